The molecule has 1 heterocycles. The van der Waals surface area contributed by atoms with Gasteiger partial charge in [-0.2, -0.15) is 13.2 Å². The zero-order valence-electron chi connectivity index (χ0n) is 21.2. The third-order valence-corrected chi connectivity index (χ3v) is 6.86. The number of piperazine rings is 1. The van der Waals surface area contributed by atoms with E-state index in [0.29, 0.717) is 38.2 Å². The lowest BCUT2D eigenvalue weighted by molar-refractivity contribution is -0.138. The fraction of sp³-hybridized carbons (Fsp3) is 0.519. The number of halogens is 4. The van der Waals surface area contributed by atoms with Crippen LogP contribution in [0.4, 0.5) is 18.0 Å². The summed E-state index contributed by atoms with van der Waals surface area (Å²) in [7, 11) is 0. The first-order valence-corrected chi connectivity index (χ1v) is 12.9. The number of ether oxygens (including phenoxy) is 1. The van der Waals surface area contributed by atoms with Crippen LogP contribution in [0.2, 0.25) is 0 Å². The van der Waals surface area contributed by atoms with Gasteiger partial charge in [0.1, 0.15) is 5.60 Å². The molecular weight excluding hydrogens is 535 g/mol. The normalized spacial score (nSPS) is 17.1. The van der Waals surface area contributed by atoms with Gasteiger partial charge >= 0.3 is 12.3 Å². The minimum atomic E-state index is -4.49. The monoisotopic (exact) mass is 569 g/mol. The average Bonchev–Trinajstić information content (AvgIpc) is 2.78. The van der Waals surface area contributed by atoms with E-state index in [1.807, 2.05) is 36.1 Å². The van der Waals surface area contributed by atoms with Gasteiger partial charge in [0.05, 0.1) is 5.56 Å². The fourth-order valence-corrected chi connectivity index (χ4v) is 4.59. The molecule has 1 amide bonds. The van der Waals surface area contributed by atoms with Crippen molar-refractivity contribution in [1.29, 1.82) is 0 Å². The van der Waals surface area contributed by atoms with Crippen LogP contribution in [0.25, 0.3) is 0 Å². The fourth-order valence-electron chi connectivity index (χ4n) is 4.33. The number of alkyl halides is 3. The summed E-state index contributed by atoms with van der Waals surface area (Å²) in [4.78, 5) is 15.8. The number of carbonyl (C=O) groups excluding carboxylic acids is 1. The predicted octanol–water partition coefficient (Wildman–Crippen LogP) is 6.71. The Balaban J connectivity index is 1.67. The van der Waals surface area contributed by atoms with Crippen molar-refractivity contribution in [2.45, 2.75) is 64.4 Å². The smallest absolute Gasteiger partial charge is 0.416 e. The summed E-state index contributed by atoms with van der Waals surface area (Å²) in [5.41, 5.74) is 6.90. The van der Waals surface area contributed by atoms with Crippen LogP contribution >= 0.6 is 15.9 Å². The minimum Gasteiger partial charge on any atom is -0.444 e. The molecule has 198 valence electrons. The third kappa shape index (κ3) is 7.95. The number of nitrogens with two attached hydrogens (primary N) is 1. The summed E-state index contributed by atoms with van der Waals surface area (Å²) in [5, 5.41) is 0. The van der Waals surface area contributed by atoms with Gasteiger partial charge in [-0.15, -0.1) is 0 Å². The molecule has 1 fully saturated rings. The molecule has 1 aliphatic rings. The van der Waals surface area contributed by atoms with Crippen LogP contribution in [0.5, 0.6) is 0 Å². The Morgan fingerprint density at radius 3 is 2.17 bits per heavy atom. The third-order valence-electron chi connectivity index (χ3n) is 6.33. The van der Waals surface area contributed by atoms with Gasteiger partial charge in [0.2, 0.25) is 0 Å². The van der Waals surface area contributed by atoms with E-state index in [0.717, 1.165) is 10.0 Å². The Morgan fingerprint density at radius 1 is 1.03 bits per heavy atom. The lowest BCUT2D eigenvalue weighted by Gasteiger charge is -2.36. The van der Waals surface area contributed by atoms with Gasteiger partial charge in [-0.25, -0.2) is 4.79 Å². The number of rotatable bonds is 6. The number of amides is 1. The van der Waals surface area contributed by atoms with Crippen LogP contribution in [-0.4, -0.2) is 47.7 Å². The first-order valence-electron chi connectivity index (χ1n) is 12.1. The molecule has 2 unspecified atom stereocenters. The Kier molecular flexibility index (Phi) is 9.11. The molecule has 1 saturated heterocycles. The summed E-state index contributed by atoms with van der Waals surface area (Å²) >= 11 is 3.41. The first kappa shape index (κ1) is 28.5. The Morgan fingerprint density at radius 2 is 1.61 bits per heavy atom. The maximum absolute atomic E-state index is 14.0. The number of hydrogen-bond acceptors (Lipinski definition) is 4. The van der Waals surface area contributed by atoms with E-state index in [4.69, 9.17) is 10.5 Å². The molecule has 0 radical (unpaired) electrons. The van der Waals surface area contributed by atoms with Crippen molar-refractivity contribution in [2.75, 3.05) is 26.2 Å². The van der Waals surface area contributed by atoms with Gasteiger partial charge in [0.25, 0.3) is 0 Å². The van der Waals surface area contributed by atoms with E-state index in [1.165, 1.54) is 6.07 Å². The zero-order chi connectivity index (χ0) is 26.7. The van der Waals surface area contributed by atoms with Gasteiger partial charge in [0, 0.05) is 43.2 Å². The van der Waals surface area contributed by atoms with Crippen LogP contribution in [0.3, 0.4) is 0 Å². The van der Waals surface area contributed by atoms with E-state index in [9.17, 15) is 18.0 Å². The molecule has 0 bridgehead atoms. The topological polar surface area (TPSA) is 58.8 Å². The molecule has 0 aliphatic carbocycles. The Bertz CT molecular complexity index is 1030. The van der Waals surface area contributed by atoms with Crippen molar-refractivity contribution in [3.63, 3.8) is 0 Å². The van der Waals surface area contributed by atoms with Crippen molar-refractivity contribution in [3.05, 3.63) is 69.2 Å². The highest BCUT2D eigenvalue weighted by Crippen LogP contribution is 2.36. The molecule has 2 aromatic carbocycles. The summed E-state index contributed by atoms with van der Waals surface area (Å²) in [6.45, 7) is 9.36. The average molecular weight is 570 g/mol. The number of carbonyl (C=O) groups is 1. The number of benzene rings is 2. The van der Waals surface area contributed by atoms with E-state index >= 15 is 0 Å². The highest BCUT2D eigenvalue weighted by atomic mass is 79.9. The quantitative estimate of drug-likeness (QED) is 0.419. The van der Waals surface area contributed by atoms with Crippen molar-refractivity contribution in [3.8, 4) is 0 Å². The van der Waals surface area contributed by atoms with Crippen LogP contribution < -0.4 is 5.73 Å². The standard InChI is InChI=1S/C27H35BrF3N3O2/c1-18(19-7-9-22(28)10-8-19)15-24(32)20-5-6-21(23(16-20)27(29,30)31)17-33-11-13-34(14-12-33)25(35)36-26(2,3)4/h5-10,16,18,24H,11-15,17,32H2,1-4H3. The van der Waals surface area contributed by atoms with Crippen molar-refractivity contribution >= 4 is 22.0 Å². The molecule has 1 aliphatic heterocycles. The molecule has 36 heavy (non-hydrogen) atoms. The molecule has 0 saturated carbocycles. The number of hydrogen-bond donors (Lipinski definition) is 1. The lowest BCUT2D eigenvalue weighted by atomic mass is 9.90. The predicted molar refractivity (Wildman–Crippen MR) is 139 cm³/mol. The molecule has 5 nitrogen and oxygen atoms in total. The maximum atomic E-state index is 14.0. The van der Waals surface area contributed by atoms with Crippen molar-refractivity contribution in [2.24, 2.45) is 5.73 Å². The molecule has 0 spiro atoms. The van der Waals surface area contributed by atoms with E-state index in [2.05, 4.69) is 15.9 Å². The van der Waals surface area contributed by atoms with Crippen LogP contribution in [0.15, 0.2) is 46.9 Å². The molecule has 0 aromatic heterocycles. The Labute approximate surface area is 219 Å². The maximum Gasteiger partial charge on any atom is 0.416 e. The highest BCUT2D eigenvalue weighted by Gasteiger charge is 2.35. The first-order chi connectivity index (χ1) is 16.7. The van der Waals surface area contributed by atoms with Gasteiger partial charge in [-0.05, 0) is 68.0 Å². The zero-order valence-corrected chi connectivity index (χ0v) is 22.8. The minimum absolute atomic E-state index is 0.100. The molecule has 3 rings (SSSR count). The Hall–Kier alpha value is -2.10. The highest BCUT2D eigenvalue weighted by molar-refractivity contribution is 9.10. The van der Waals surface area contributed by atoms with Crippen molar-refractivity contribution in [1.82, 2.24) is 9.80 Å². The molecule has 2 aromatic rings. The molecule has 2 atom stereocenters. The van der Waals surface area contributed by atoms with Gasteiger partial charge < -0.3 is 15.4 Å². The SMILES string of the molecule is CC(CC(N)c1ccc(CN2CCN(C(=O)OC(C)(C)C)CC2)c(C(F)(F)F)c1)c1ccc(Br)cc1. The summed E-state index contributed by atoms with van der Waals surface area (Å²) in [5.74, 6) is 0.100. The molecule has 2 N–H and O–H groups in total. The molecule has 9 heteroatoms. The van der Waals surface area contributed by atoms with Gasteiger partial charge in [-0.1, -0.05) is 47.1 Å². The second-order valence-corrected chi connectivity index (χ2v) is 11.4. The van der Waals surface area contributed by atoms with Crippen LogP contribution in [-0.2, 0) is 17.5 Å². The lowest BCUT2D eigenvalue weighted by Crippen LogP contribution is -2.49. The number of nitrogens with zero attached hydrogens (tertiary/aromatic N) is 2. The van der Waals surface area contributed by atoms with E-state index in [1.54, 1.807) is 37.8 Å². The van der Waals surface area contributed by atoms with Crippen LogP contribution in [0, 0.1) is 0 Å². The molecular formula is C27H35BrF3N3O2. The van der Waals surface area contributed by atoms with Gasteiger partial charge in [-0.3, -0.25) is 4.90 Å². The second kappa shape index (κ2) is 11.5. The second-order valence-electron chi connectivity index (χ2n) is 10.5. The van der Waals surface area contributed by atoms with Crippen LogP contribution in [0.1, 0.15) is 68.3 Å². The van der Waals surface area contributed by atoms with Gasteiger partial charge in [0.15, 0.2) is 0 Å². The summed E-state index contributed by atoms with van der Waals surface area (Å²) in [6.07, 6.45) is -4.35. The van der Waals surface area contributed by atoms with E-state index < -0.39 is 29.5 Å². The summed E-state index contributed by atoms with van der Waals surface area (Å²) < 4.78 is 48.4. The summed E-state index contributed by atoms with van der Waals surface area (Å²) in [6, 6.07) is 11.8. The van der Waals surface area contributed by atoms with E-state index in [-0.39, 0.29) is 18.0 Å². The van der Waals surface area contributed by atoms with Crippen molar-refractivity contribution < 1.29 is 22.7 Å². The largest absolute Gasteiger partial charge is 0.444 e.